The maximum atomic E-state index is 11.3. The number of carbonyl (C=O) groups is 1. The quantitative estimate of drug-likeness (QED) is 0.669. The maximum Gasteiger partial charge on any atom is 0.416 e. The Morgan fingerprint density at radius 1 is 1.50 bits per heavy atom. The number of aromatic nitrogens is 1. The smallest absolute Gasteiger partial charge is 0.391 e. The topological polar surface area (TPSA) is 42.4 Å². The molecule has 0 atom stereocenters. The molecule has 1 aliphatic heterocycles. The zero-order valence-corrected chi connectivity index (χ0v) is 8.20. The lowest BCUT2D eigenvalue weighted by Crippen LogP contribution is -2.43. The van der Waals surface area contributed by atoms with Crippen molar-refractivity contribution in [3.63, 3.8) is 0 Å². The molecule has 0 N–H and O–H groups in total. The monoisotopic (exact) mass is 212 g/mol. The van der Waals surface area contributed by atoms with Crippen LogP contribution in [-0.2, 0) is 0 Å². The molecule has 2 rings (SSSR count). The third-order valence-electron chi connectivity index (χ3n) is 2.00. The molecule has 2 heterocycles. The third kappa shape index (κ3) is 1.96. The Kier molecular flexibility index (Phi) is 2.54. The number of hydrogen-bond acceptors (Lipinski definition) is 3. The van der Waals surface area contributed by atoms with Crippen molar-refractivity contribution < 1.29 is 9.53 Å². The number of amides is 1. The molecule has 1 aromatic rings. The van der Waals surface area contributed by atoms with Gasteiger partial charge in [-0.3, -0.25) is 0 Å². The van der Waals surface area contributed by atoms with Gasteiger partial charge in [0.1, 0.15) is 5.15 Å². The highest BCUT2D eigenvalue weighted by molar-refractivity contribution is 6.29. The minimum Gasteiger partial charge on any atom is -0.391 e. The molecular formula is C9H9ClN2O2. The highest BCUT2D eigenvalue weighted by atomic mass is 35.5. The average Bonchev–Trinajstić information content (AvgIpc) is 1.99. The summed E-state index contributed by atoms with van der Waals surface area (Å²) in [7, 11) is 0. The minimum atomic E-state index is -0.356. The molecule has 0 spiro atoms. The van der Waals surface area contributed by atoms with Gasteiger partial charge in [0.2, 0.25) is 5.88 Å². The van der Waals surface area contributed by atoms with Gasteiger partial charge in [0, 0.05) is 19.2 Å². The number of ether oxygens (including phenoxy) is 1. The number of hydrogen-bond donors (Lipinski definition) is 0. The lowest BCUT2D eigenvalue weighted by atomic mass is 10.2. The summed E-state index contributed by atoms with van der Waals surface area (Å²) in [6.07, 6.45) is 0.684. The molecule has 74 valence electrons. The first kappa shape index (κ1) is 9.27. The zero-order valence-electron chi connectivity index (χ0n) is 7.44. The summed E-state index contributed by atoms with van der Waals surface area (Å²) in [6, 6.07) is 4.92. The number of nitrogens with zero attached hydrogens (tertiary/aromatic N) is 2. The second-order valence-corrected chi connectivity index (χ2v) is 3.39. The van der Waals surface area contributed by atoms with E-state index < -0.39 is 0 Å². The summed E-state index contributed by atoms with van der Waals surface area (Å²) in [5.41, 5.74) is 0. The summed E-state index contributed by atoms with van der Waals surface area (Å²) in [6.45, 7) is 1.53. The molecule has 1 amide bonds. The first-order valence-electron chi connectivity index (χ1n) is 4.35. The fourth-order valence-corrected chi connectivity index (χ4v) is 1.26. The summed E-state index contributed by atoms with van der Waals surface area (Å²) in [4.78, 5) is 16.8. The Morgan fingerprint density at radius 3 is 2.86 bits per heavy atom. The Balaban J connectivity index is 1.99. The zero-order chi connectivity index (χ0) is 9.97. The molecule has 0 unspecified atom stereocenters. The van der Waals surface area contributed by atoms with Crippen LogP contribution in [0.15, 0.2) is 18.2 Å². The predicted molar refractivity (Wildman–Crippen MR) is 51.5 cm³/mol. The van der Waals surface area contributed by atoms with E-state index in [-0.39, 0.29) is 12.0 Å². The molecule has 0 radical (unpaired) electrons. The summed E-state index contributed by atoms with van der Waals surface area (Å²) < 4.78 is 4.99. The fourth-order valence-electron chi connectivity index (χ4n) is 1.10. The van der Waals surface area contributed by atoms with E-state index in [1.165, 1.54) is 0 Å². The normalized spacial score (nSPS) is 14.8. The van der Waals surface area contributed by atoms with Crippen molar-refractivity contribution >= 4 is 17.7 Å². The van der Waals surface area contributed by atoms with Gasteiger partial charge >= 0.3 is 6.09 Å². The van der Waals surface area contributed by atoms with Crippen LogP contribution in [0.4, 0.5) is 4.79 Å². The second kappa shape index (κ2) is 3.84. The summed E-state index contributed by atoms with van der Waals surface area (Å²) >= 11 is 5.64. The molecule has 5 heteroatoms. The van der Waals surface area contributed by atoms with E-state index in [9.17, 15) is 4.79 Å². The lowest BCUT2D eigenvalue weighted by Gasteiger charge is -2.29. The van der Waals surface area contributed by atoms with Crippen molar-refractivity contribution in [2.24, 2.45) is 0 Å². The number of rotatable bonds is 1. The standard InChI is InChI=1S/C9H9ClN2O2/c10-7-3-1-4-8(11-7)14-9(13)12-5-2-6-12/h1,3-4H,2,5-6H2. The predicted octanol–water partition coefficient (Wildman–Crippen LogP) is 1.94. The molecule has 1 saturated heterocycles. The van der Waals surface area contributed by atoms with Gasteiger partial charge in [-0.1, -0.05) is 17.7 Å². The fraction of sp³-hybridized carbons (Fsp3) is 0.333. The maximum absolute atomic E-state index is 11.3. The van der Waals surface area contributed by atoms with Crippen LogP contribution in [0.25, 0.3) is 0 Å². The van der Waals surface area contributed by atoms with E-state index in [1.54, 1.807) is 23.1 Å². The van der Waals surface area contributed by atoms with Crippen LogP contribution in [0.3, 0.4) is 0 Å². The highest BCUT2D eigenvalue weighted by Crippen LogP contribution is 2.14. The number of halogens is 1. The van der Waals surface area contributed by atoms with Gasteiger partial charge in [-0.15, -0.1) is 0 Å². The van der Waals surface area contributed by atoms with Gasteiger partial charge in [-0.2, -0.15) is 0 Å². The molecule has 1 fully saturated rings. The molecular weight excluding hydrogens is 204 g/mol. The van der Waals surface area contributed by atoms with Crippen molar-refractivity contribution in [1.29, 1.82) is 0 Å². The van der Waals surface area contributed by atoms with E-state index >= 15 is 0 Å². The van der Waals surface area contributed by atoms with Crippen LogP contribution in [-0.4, -0.2) is 29.1 Å². The summed E-state index contributed by atoms with van der Waals surface area (Å²) in [5.74, 6) is 0.245. The van der Waals surface area contributed by atoms with Gasteiger partial charge in [-0.05, 0) is 12.5 Å². The van der Waals surface area contributed by atoms with Gasteiger partial charge in [-0.25, -0.2) is 9.78 Å². The SMILES string of the molecule is O=C(Oc1cccc(Cl)n1)N1CCC1. The largest absolute Gasteiger partial charge is 0.416 e. The molecule has 0 aliphatic carbocycles. The molecule has 0 saturated carbocycles. The Bertz CT molecular complexity index is 352. The van der Waals surface area contributed by atoms with Gasteiger partial charge in [0.05, 0.1) is 0 Å². The molecule has 0 aromatic carbocycles. The van der Waals surface area contributed by atoms with Crippen molar-refractivity contribution in [1.82, 2.24) is 9.88 Å². The van der Waals surface area contributed by atoms with Crippen molar-refractivity contribution in [2.45, 2.75) is 6.42 Å². The Labute approximate surface area is 86.4 Å². The van der Waals surface area contributed by atoms with Crippen LogP contribution in [0.2, 0.25) is 5.15 Å². The van der Waals surface area contributed by atoms with Gasteiger partial charge in [0.15, 0.2) is 0 Å². The van der Waals surface area contributed by atoms with Gasteiger partial charge < -0.3 is 9.64 Å². The van der Waals surface area contributed by atoms with E-state index in [0.717, 1.165) is 19.5 Å². The van der Waals surface area contributed by atoms with Crippen LogP contribution in [0.5, 0.6) is 5.88 Å². The number of carbonyl (C=O) groups excluding carboxylic acids is 1. The molecule has 1 aliphatic rings. The van der Waals surface area contributed by atoms with Crippen molar-refractivity contribution in [2.75, 3.05) is 13.1 Å². The average molecular weight is 213 g/mol. The molecule has 0 bridgehead atoms. The molecule has 4 nitrogen and oxygen atoms in total. The van der Waals surface area contributed by atoms with Crippen LogP contribution < -0.4 is 4.74 Å². The first-order valence-corrected chi connectivity index (χ1v) is 4.73. The highest BCUT2D eigenvalue weighted by Gasteiger charge is 2.22. The second-order valence-electron chi connectivity index (χ2n) is 3.01. The van der Waals surface area contributed by atoms with E-state index in [0.29, 0.717) is 5.15 Å². The van der Waals surface area contributed by atoms with E-state index in [1.807, 2.05) is 0 Å². The van der Waals surface area contributed by atoms with E-state index in [2.05, 4.69) is 4.98 Å². The van der Waals surface area contributed by atoms with Crippen LogP contribution in [0, 0.1) is 0 Å². The first-order chi connectivity index (χ1) is 6.75. The van der Waals surface area contributed by atoms with Gasteiger partial charge in [0.25, 0.3) is 0 Å². The summed E-state index contributed by atoms with van der Waals surface area (Å²) in [5, 5.41) is 0.318. The van der Waals surface area contributed by atoms with Crippen molar-refractivity contribution in [3.8, 4) is 5.88 Å². The van der Waals surface area contributed by atoms with Crippen molar-refractivity contribution in [3.05, 3.63) is 23.4 Å². The lowest BCUT2D eigenvalue weighted by molar-refractivity contribution is 0.123. The number of pyridine rings is 1. The Hall–Kier alpha value is -1.29. The molecule has 14 heavy (non-hydrogen) atoms. The Morgan fingerprint density at radius 2 is 2.29 bits per heavy atom. The van der Waals surface area contributed by atoms with Crippen LogP contribution >= 0.6 is 11.6 Å². The third-order valence-corrected chi connectivity index (χ3v) is 2.21. The minimum absolute atomic E-state index is 0.245. The van der Waals surface area contributed by atoms with E-state index in [4.69, 9.17) is 16.3 Å². The molecule has 1 aromatic heterocycles. The van der Waals surface area contributed by atoms with Crippen LogP contribution in [0.1, 0.15) is 6.42 Å². The number of likely N-dealkylation sites (tertiary alicyclic amines) is 1.